The van der Waals surface area contributed by atoms with Crippen LogP contribution in [0.1, 0.15) is 16.3 Å². The van der Waals surface area contributed by atoms with Crippen LogP contribution < -0.4 is 9.64 Å². The van der Waals surface area contributed by atoms with Crippen LogP contribution in [0.2, 0.25) is 0 Å². The lowest BCUT2D eigenvalue weighted by Crippen LogP contribution is -2.48. The van der Waals surface area contributed by atoms with Crippen molar-refractivity contribution in [2.24, 2.45) is 0 Å². The molecule has 2 heterocycles. The molecule has 3 aromatic rings. The van der Waals surface area contributed by atoms with Gasteiger partial charge in [-0.2, -0.15) is 0 Å². The summed E-state index contributed by atoms with van der Waals surface area (Å²) in [5, 5.41) is 0. The fourth-order valence-corrected chi connectivity index (χ4v) is 3.62. The second-order valence-electron chi connectivity index (χ2n) is 6.63. The molecule has 1 aliphatic heterocycles. The summed E-state index contributed by atoms with van der Waals surface area (Å²) in [6.07, 6.45) is 0. The Morgan fingerprint density at radius 2 is 1.75 bits per heavy atom. The van der Waals surface area contributed by atoms with Crippen molar-refractivity contribution in [2.75, 3.05) is 31.1 Å². The molecule has 6 heteroatoms. The maximum Gasteiger partial charge on any atom is 0.289 e. The minimum Gasteiger partial charge on any atom is -0.486 e. The van der Waals surface area contributed by atoms with Gasteiger partial charge in [-0.25, -0.2) is 0 Å². The number of para-hydroxylation sites is 1. The molecule has 0 unspecified atom stereocenters. The van der Waals surface area contributed by atoms with E-state index in [-0.39, 0.29) is 12.5 Å². The molecule has 0 N–H and O–H groups in total. The van der Waals surface area contributed by atoms with Gasteiger partial charge < -0.3 is 19.0 Å². The van der Waals surface area contributed by atoms with Crippen molar-refractivity contribution in [3.63, 3.8) is 0 Å². The number of piperazine rings is 1. The fourth-order valence-electron chi connectivity index (χ4n) is 3.24. The third kappa shape index (κ3) is 4.39. The maximum absolute atomic E-state index is 12.7. The summed E-state index contributed by atoms with van der Waals surface area (Å²) in [6.45, 7) is 3.27. The highest BCUT2D eigenvalue weighted by Gasteiger charge is 2.24. The molecule has 1 saturated heterocycles. The molecule has 0 aliphatic carbocycles. The lowest BCUT2D eigenvalue weighted by molar-refractivity contribution is 0.0710. The summed E-state index contributed by atoms with van der Waals surface area (Å²) in [5.41, 5.74) is 1.19. The van der Waals surface area contributed by atoms with E-state index in [1.165, 1.54) is 5.69 Å². The molecule has 0 saturated carbocycles. The first-order chi connectivity index (χ1) is 13.7. The smallest absolute Gasteiger partial charge is 0.289 e. The van der Waals surface area contributed by atoms with Gasteiger partial charge in [-0.1, -0.05) is 40.2 Å². The van der Waals surface area contributed by atoms with Crippen molar-refractivity contribution in [3.05, 3.63) is 82.7 Å². The zero-order valence-corrected chi connectivity index (χ0v) is 17.0. The lowest BCUT2D eigenvalue weighted by atomic mass is 10.2. The molecule has 1 aliphatic rings. The number of furan rings is 1. The molecule has 28 heavy (non-hydrogen) atoms. The molecule has 1 fully saturated rings. The van der Waals surface area contributed by atoms with Gasteiger partial charge in [0.1, 0.15) is 18.1 Å². The Labute approximate surface area is 172 Å². The molecule has 1 aromatic heterocycles. The average molecular weight is 441 g/mol. The van der Waals surface area contributed by atoms with Gasteiger partial charge in [-0.05, 0) is 42.5 Å². The minimum atomic E-state index is -0.0681. The number of benzene rings is 2. The van der Waals surface area contributed by atoms with Crippen LogP contribution in [-0.2, 0) is 6.61 Å². The molecule has 144 valence electrons. The highest BCUT2D eigenvalue weighted by atomic mass is 79.9. The van der Waals surface area contributed by atoms with Gasteiger partial charge in [0.05, 0.1) is 0 Å². The van der Waals surface area contributed by atoms with Crippen LogP contribution in [-0.4, -0.2) is 37.0 Å². The van der Waals surface area contributed by atoms with E-state index >= 15 is 0 Å². The van der Waals surface area contributed by atoms with Crippen LogP contribution in [0.15, 0.2) is 75.6 Å². The fraction of sp³-hybridized carbons (Fsp3) is 0.227. The lowest BCUT2D eigenvalue weighted by Gasteiger charge is -2.35. The Bertz CT molecular complexity index is 934. The summed E-state index contributed by atoms with van der Waals surface area (Å²) in [6, 6.07) is 21.4. The minimum absolute atomic E-state index is 0.0681. The number of rotatable bonds is 5. The second kappa shape index (κ2) is 8.52. The summed E-state index contributed by atoms with van der Waals surface area (Å²) < 4.78 is 12.4. The second-order valence-corrected chi connectivity index (χ2v) is 7.54. The van der Waals surface area contributed by atoms with Crippen LogP contribution in [0, 0.1) is 0 Å². The highest BCUT2D eigenvalue weighted by molar-refractivity contribution is 9.10. The van der Waals surface area contributed by atoms with E-state index in [9.17, 15) is 4.79 Å². The first kappa shape index (κ1) is 18.6. The number of halogens is 1. The quantitative estimate of drug-likeness (QED) is 0.582. The molecular formula is C22H21BrN2O3. The van der Waals surface area contributed by atoms with E-state index in [0.29, 0.717) is 24.6 Å². The Morgan fingerprint density at radius 1 is 0.964 bits per heavy atom. The predicted molar refractivity (Wildman–Crippen MR) is 112 cm³/mol. The predicted octanol–water partition coefficient (Wildman–Crippen LogP) is 4.58. The van der Waals surface area contributed by atoms with Crippen molar-refractivity contribution in [2.45, 2.75) is 6.61 Å². The Balaban J connectivity index is 1.32. The van der Waals surface area contributed by atoms with E-state index in [2.05, 4.69) is 33.0 Å². The number of hydrogen-bond acceptors (Lipinski definition) is 4. The molecule has 1 amide bonds. The van der Waals surface area contributed by atoms with Crippen molar-refractivity contribution in [1.82, 2.24) is 4.90 Å². The van der Waals surface area contributed by atoms with Gasteiger partial charge in [-0.15, -0.1) is 0 Å². The normalized spacial score (nSPS) is 14.2. The molecular weight excluding hydrogens is 420 g/mol. The van der Waals surface area contributed by atoms with Gasteiger partial charge >= 0.3 is 0 Å². The highest BCUT2D eigenvalue weighted by Crippen LogP contribution is 2.21. The molecule has 2 aromatic carbocycles. The monoisotopic (exact) mass is 440 g/mol. The van der Waals surface area contributed by atoms with Crippen LogP contribution in [0.4, 0.5) is 5.69 Å². The average Bonchev–Trinajstić information content (AvgIpc) is 3.22. The number of amides is 1. The number of ether oxygens (including phenoxy) is 1. The zero-order valence-electron chi connectivity index (χ0n) is 15.4. The zero-order chi connectivity index (χ0) is 19.3. The number of nitrogens with zero attached hydrogens (tertiary/aromatic N) is 2. The van der Waals surface area contributed by atoms with E-state index < -0.39 is 0 Å². The van der Waals surface area contributed by atoms with E-state index in [4.69, 9.17) is 9.15 Å². The number of carbonyl (C=O) groups excluding carboxylic acids is 1. The molecule has 5 nitrogen and oxygen atoms in total. The number of carbonyl (C=O) groups is 1. The molecule has 4 rings (SSSR count). The number of hydrogen-bond donors (Lipinski definition) is 0. The summed E-state index contributed by atoms with van der Waals surface area (Å²) >= 11 is 3.42. The first-order valence-corrected chi connectivity index (χ1v) is 10.0. The van der Waals surface area contributed by atoms with Crippen LogP contribution in [0.25, 0.3) is 0 Å². The molecule has 0 spiro atoms. The summed E-state index contributed by atoms with van der Waals surface area (Å²) in [7, 11) is 0. The summed E-state index contributed by atoms with van der Waals surface area (Å²) in [4.78, 5) is 16.9. The van der Waals surface area contributed by atoms with Crippen LogP contribution in [0.3, 0.4) is 0 Å². The Kier molecular flexibility index (Phi) is 5.67. The van der Waals surface area contributed by atoms with Crippen LogP contribution >= 0.6 is 15.9 Å². The third-order valence-electron chi connectivity index (χ3n) is 4.74. The summed E-state index contributed by atoms with van der Waals surface area (Å²) in [5.74, 6) is 1.67. The van der Waals surface area contributed by atoms with Crippen LogP contribution in [0.5, 0.6) is 5.75 Å². The van der Waals surface area contributed by atoms with Crippen molar-refractivity contribution >= 4 is 27.5 Å². The van der Waals surface area contributed by atoms with Gasteiger partial charge in [0.25, 0.3) is 5.91 Å². The maximum atomic E-state index is 12.7. The molecule has 0 radical (unpaired) electrons. The topological polar surface area (TPSA) is 45.9 Å². The largest absolute Gasteiger partial charge is 0.486 e. The van der Waals surface area contributed by atoms with Gasteiger partial charge in [-0.3, -0.25) is 4.79 Å². The van der Waals surface area contributed by atoms with Gasteiger partial charge in [0.15, 0.2) is 5.76 Å². The SMILES string of the molecule is O=C(c1ccc(COc2cccc(Br)c2)o1)N1CCN(c2ccccc2)CC1. The van der Waals surface area contributed by atoms with Gasteiger partial charge in [0, 0.05) is 36.3 Å². The Hall–Kier alpha value is -2.73. The van der Waals surface area contributed by atoms with Crippen molar-refractivity contribution in [3.8, 4) is 5.75 Å². The van der Waals surface area contributed by atoms with E-state index in [1.54, 1.807) is 12.1 Å². The number of anilines is 1. The standard InChI is InChI=1S/C22H21BrN2O3/c23-17-5-4-8-19(15-17)27-16-20-9-10-21(28-20)22(26)25-13-11-24(12-14-25)18-6-2-1-3-7-18/h1-10,15H,11-14,16H2. The third-order valence-corrected chi connectivity index (χ3v) is 5.23. The van der Waals surface area contributed by atoms with Crippen molar-refractivity contribution < 1.29 is 13.9 Å². The van der Waals surface area contributed by atoms with Crippen molar-refractivity contribution in [1.29, 1.82) is 0 Å². The van der Waals surface area contributed by atoms with Gasteiger partial charge in [0.2, 0.25) is 0 Å². The van der Waals surface area contributed by atoms with E-state index in [1.807, 2.05) is 47.4 Å². The molecule has 0 atom stereocenters. The molecule has 0 bridgehead atoms. The van der Waals surface area contributed by atoms with E-state index in [0.717, 1.165) is 23.3 Å². The Morgan fingerprint density at radius 3 is 2.50 bits per heavy atom. The first-order valence-electron chi connectivity index (χ1n) is 9.25.